The molecule has 0 spiro atoms. The number of anilines is 1. The number of ether oxygens (including phenoxy) is 1. The molecule has 0 aromatic heterocycles. The number of methoxy groups -OCH3 is 1. The van der Waals surface area contributed by atoms with E-state index in [-0.39, 0.29) is 16.7 Å². The van der Waals surface area contributed by atoms with Crippen LogP contribution in [-0.4, -0.2) is 25.2 Å². The molecule has 5 nitrogen and oxygen atoms in total. The molecular formula is C25H31NO4. The van der Waals surface area contributed by atoms with E-state index >= 15 is 0 Å². The van der Waals surface area contributed by atoms with Gasteiger partial charge < -0.3 is 9.84 Å². The highest BCUT2D eigenvalue weighted by atomic mass is 16.7. The van der Waals surface area contributed by atoms with Gasteiger partial charge in [0, 0.05) is 16.7 Å². The number of carbonyl (C=O) groups is 1. The zero-order chi connectivity index (χ0) is 22.4. The van der Waals surface area contributed by atoms with Crippen molar-refractivity contribution in [3.8, 4) is 11.5 Å². The number of hydrogen-bond acceptors (Lipinski definition) is 4. The van der Waals surface area contributed by atoms with Gasteiger partial charge in [-0.2, -0.15) is 5.06 Å². The number of nitrogens with zero attached hydrogens (tertiary/aromatic N) is 1. The van der Waals surface area contributed by atoms with Crippen molar-refractivity contribution in [3.05, 3.63) is 52.6 Å². The summed E-state index contributed by atoms with van der Waals surface area (Å²) < 4.78 is 5.35. The van der Waals surface area contributed by atoms with E-state index in [9.17, 15) is 9.90 Å². The lowest BCUT2D eigenvalue weighted by Gasteiger charge is -2.28. The first-order valence-electron chi connectivity index (χ1n) is 10.0. The quantitative estimate of drug-likeness (QED) is 0.686. The standard InChI is InChI=1S/C25H31NO4/c1-24(2,3)19-12-15(13-20(22(19)27)25(4,5)6)11-18-17-14-16(29-7)9-10-21(17)26(30-8)23(18)28/h9-14,27H,1-8H3. The molecule has 0 aliphatic carbocycles. The molecule has 160 valence electrons. The van der Waals surface area contributed by atoms with E-state index in [4.69, 9.17) is 9.57 Å². The van der Waals surface area contributed by atoms with Crippen LogP contribution in [0.1, 0.15) is 63.8 Å². The zero-order valence-electron chi connectivity index (χ0n) is 19.1. The lowest BCUT2D eigenvalue weighted by molar-refractivity contribution is -0.118. The molecule has 0 unspecified atom stereocenters. The molecule has 1 N–H and O–H groups in total. The third-order valence-electron chi connectivity index (χ3n) is 5.37. The Hall–Kier alpha value is -2.79. The fourth-order valence-corrected chi connectivity index (χ4v) is 3.74. The fraction of sp³-hybridized carbons (Fsp3) is 0.400. The first kappa shape index (κ1) is 21.9. The Morgan fingerprint density at radius 3 is 1.97 bits per heavy atom. The summed E-state index contributed by atoms with van der Waals surface area (Å²) in [4.78, 5) is 18.4. The van der Waals surface area contributed by atoms with E-state index < -0.39 is 0 Å². The molecular weight excluding hydrogens is 378 g/mol. The van der Waals surface area contributed by atoms with Crippen molar-refractivity contribution in [3.63, 3.8) is 0 Å². The van der Waals surface area contributed by atoms with Gasteiger partial charge in [0.25, 0.3) is 5.91 Å². The van der Waals surface area contributed by atoms with Gasteiger partial charge in [0.15, 0.2) is 0 Å². The number of hydroxylamine groups is 1. The summed E-state index contributed by atoms with van der Waals surface area (Å²) in [6, 6.07) is 9.37. The molecule has 5 heteroatoms. The van der Waals surface area contributed by atoms with Gasteiger partial charge in [-0.15, -0.1) is 0 Å². The predicted molar refractivity (Wildman–Crippen MR) is 121 cm³/mol. The average Bonchev–Trinajstić information content (AvgIpc) is 2.91. The van der Waals surface area contributed by atoms with Crippen molar-refractivity contribution in [1.82, 2.24) is 0 Å². The van der Waals surface area contributed by atoms with Gasteiger partial charge in [-0.25, -0.2) is 0 Å². The molecule has 3 rings (SSSR count). The van der Waals surface area contributed by atoms with Crippen LogP contribution in [-0.2, 0) is 20.5 Å². The average molecular weight is 410 g/mol. The molecule has 0 bridgehead atoms. The minimum atomic E-state index is -0.252. The van der Waals surface area contributed by atoms with Gasteiger partial charge in [-0.3, -0.25) is 9.63 Å². The second-order valence-corrected chi connectivity index (χ2v) is 9.69. The van der Waals surface area contributed by atoms with E-state index in [1.54, 1.807) is 13.2 Å². The largest absolute Gasteiger partial charge is 0.507 e. The fourth-order valence-electron chi connectivity index (χ4n) is 3.74. The summed E-state index contributed by atoms with van der Waals surface area (Å²) in [5.41, 5.74) is 4.01. The van der Waals surface area contributed by atoms with Crippen molar-refractivity contribution in [1.29, 1.82) is 0 Å². The second kappa shape index (κ2) is 7.47. The lowest BCUT2D eigenvalue weighted by Crippen LogP contribution is -2.24. The van der Waals surface area contributed by atoms with E-state index in [0.717, 1.165) is 22.3 Å². The summed E-state index contributed by atoms with van der Waals surface area (Å²) in [5.74, 6) is 0.751. The molecule has 0 saturated carbocycles. The Morgan fingerprint density at radius 1 is 0.933 bits per heavy atom. The summed E-state index contributed by atoms with van der Waals surface area (Å²) in [7, 11) is 3.08. The van der Waals surface area contributed by atoms with Crippen molar-refractivity contribution in [2.24, 2.45) is 0 Å². The van der Waals surface area contributed by atoms with Crippen molar-refractivity contribution in [2.75, 3.05) is 19.3 Å². The van der Waals surface area contributed by atoms with E-state index in [1.165, 1.54) is 12.2 Å². The van der Waals surface area contributed by atoms with Gasteiger partial charge in [-0.05, 0) is 52.8 Å². The van der Waals surface area contributed by atoms with Crippen LogP contribution in [0.5, 0.6) is 11.5 Å². The molecule has 1 amide bonds. The van der Waals surface area contributed by atoms with Crippen LogP contribution in [0.4, 0.5) is 5.69 Å². The summed E-state index contributed by atoms with van der Waals surface area (Å²) in [5, 5.41) is 12.3. The highest BCUT2D eigenvalue weighted by Crippen LogP contribution is 2.43. The Kier molecular flexibility index (Phi) is 5.46. The molecule has 0 saturated heterocycles. The topological polar surface area (TPSA) is 59.0 Å². The van der Waals surface area contributed by atoms with Crippen LogP contribution >= 0.6 is 0 Å². The van der Waals surface area contributed by atoms with Gasteiger partial charge in [-0.1, -0.05) is 41.5 Å². The SMILES string of the molecule is COc1ccc2c(c1)C(=Cc1cc(C(C)(C)C)c(O)c(C(C)(C)C)c1)C(=O)N2OC. The Labute approximate surface area is 178 Å². The van der Waals surface area contributed by atoms with Crippen LogP contribution in [0.3, 0.4) is 0 Å². The van der Waals surface area contributed by atoms with Gasteiger partial charge in [0.1, 0.15) is 11.5 Å². The number of benzene rings is 2. The molecule has 0 fully saturated rings. The van der Waals surface area contributed by atoms with Crippen molar-refractivity contribution < 1.29 is 19.5 Å². The minimum Gasteiger partial charge on any atom is -0.507 e. The normalized spacial score (nSPS) is 15.7. The second-order valence-electron chi connectivity index (χ2n) is 9.69. The smallest absolute Gasteiger partial charge is 0.282 e. The van der Waals surface area contributed by atoms with Crippen LogP contribution in [0.2, 0.25) is 0 Å². The van der Waals surface area contributed by atoms with Gasteiger partial charge in [0.05, 0.1) is 25.5 Å². The number of rotatable bonds is 3. The highest BCUT2D eigenvalue weighted by molar-refractivity contribution is 6.35. The number of carbonyl (C=O) groups excluding carboxylic acids is 1. The molecule has 2 aromatic carbocycles. The van der Waals surface area contributed by atoms with Crippen molar-refractivity contribution in [2.45, 2.75) is 52.4 Å². The predicted octanol–water partition coefficient (Wildman–Crippen LogP) is 5.44. The number of phenolic OH excluding ortho intramolecular Hbond substituents is 1. The van der Waals surface area contributed by atoms with E-state index in [0.29, 0.717) is 22.8 Å². The number of aromatic hydroxyl groups is 1. The third kappa shape index (κ3) is 3.82. The van der Waals surface area contributed by atoms with Crippen molar-refractivity contribution >= 4 is 23.2 Å². The molecule has 2 aromatic rings. The molecule has 1 heterocycles. The maximum absolute atomic E-state index is 13.1. The van der Waals surface area contributed by atoms with Crippen LogP contribution < -0.4 is 9.80 Å². The van der Waals surface area contributed by atoms with Gasteiger partial charge >= 0.3 is 0 Å². The Balaban J connectivity index is 2.26. The van der Waals surface area contributed by atoms with E-state index in [2.05, 4.69) is 41.5 Å². The zero-order valence-corrected chi connectivity index (χ0v) is 19.1. The lowest BCUT2D eigenvalue weighted by atomic mass is 9.78. The number of amides is 1. The molecule has 0 radical (unpaired) electrons. The first-order valence-corrected chi connectivity index (χ1v) is 10.0. The van der Waals surface area contributed by atoms with Crippen LogP contribution in [0.15, 0.2) is 30.3 Å². The number of hydrogen-bond donors (Lipinski definition) is 1. The highest BCUT2D eigenvalue weighted by Gasteiger charge is 2.34. The molecule has 30 heavy (non-hydrogen) atoms. The van der Waals surface area contributed by atoms with E-state index in [1.807, 2.05) is 30.3 Å². The maximum atomic E-state index is 13.1. The summed E-state index contributed by atoms with van der Waals surface area (Å²) in [6.07, 6.45) is 1.86. The monoisotopic (exact) mass is 409 g/mol. The van der Waals surface area contributed by atoms with Gasteiger partial charge in [0.2, 0.25) is 0 Å². The molecule has 1 aliphatic rings. The molecule has 1 aliphatic heterocycles. The Bertz CT molecular complexity index is 987. The Morgan fingerprint density at radius 2 is 1.50 bits per heavy atom. The summed E-state index contributed by atoms with van der Waals surface area (Å²) in [6.45, 7) is 12.4. The van der Waals surface area contributed by atoms with Crippen LogP contribution in [0.25, 0.3) is 11.6 Å². The third-order valence-corrected chi connectivity index (χ3v) is 5.37. The minimum absolute atomic E-state index is 0.233. The number of fused-ring (bicyclic) bond motifs is 1. The first-order chi connectivity index (χ1) is 13.9. The number of phenols is 1. The summed E-state index contributed by atoms with van der Waals surface area (Å²) >= 11 is 0. The van der Waals surface area contributed by atoms with Crippen LogP contribution in [0, 0.1) is 0 Å². The molecule has 0 atom stereocenters. The maximum Gasteiger partial charge on any atom is 0.282 e.